The zero-order valence-corrected chi connectivity index (χ0v) is 12.1. The van der Waals surface area contributed by atoms with E-state index in [0.29, 0.717) is 6.54 Å². The van der Waals surface area contributed by atoms with Crippen molar-refractivity contribution in [1.82, 2.24) is 14.5 Å². The fraction of sp³-hybridized carbons (Fsp3) is 0.500. The molecule has 0 amide bonds. The maximum absolute atomic E-state index is 6.03. The fourth-order valence-corrected chi connectivity index (χ4v) is 3.76. The summed E-state index contributed by atoms with van der Waals surface area (Å²) in [6.07, 6.45) is 5.01. The molecule has 0 saturated heterocycles. The monoisotopic (exact) mass is 276 g/mol. The Morgan fingerprint density at radius 1 is 1.53 bits per heavy atom. The van der Waals surface area contributed by atoms with Crippen LogP contribution in [0, 0.1) is 0 Å². The minimum atomic E-state index is 0.274. The zero-order chi connectivity index (χ0) is 13.2. The third kappa shape index (κ3) is 2.33. The van der Waals surface area contributed by atoms with Crippen LogP contribution in [0.3, 0.4) is 0 Å². The molecule has 0 fully saturated rings. The normalized spacial score (nSPS) is 17.4. The predicted octanol–water partition coefficient (Wildman–Crippen LogP) is 2.02. The Kier molecular flexibility index (Phi) is 3.68. The fourth-order valence-electron chi connectivity index (χ4n) is 2.87. The first-order valence-corrected chi connectivity index (χ1v) is 7.70. The van der Waals surface area contributed by atoms with Crippen molar-refractivity contribution in [3.05, 3.63) is 40.1 Å². The number of thiophene rings is 1. The van der Waals surface area contributed by atoms with Crippen LogP contribution in [0.1, 0.15) is 29.1 Å². The summed E-state index contributed by atoms with van der Waals surface area (Å²) in [6, 6.07) is 2.52. The number of hydrogen-bond acceptors (Lipinski definition) is 4. The molecule has 0 bridgehead atoms. The third-order valence-corrected chi connectivity index (χ3v) is 4.95. The van der Waals surface area contributed by atoms with Crippen molar-refractivity contribution in [2.45, 2.75) is 32.5 Å². The van der Waals surface area contributed by atoms with E-state index in [9.17, 15) is 0 Å². The lowest BCUT2D eigenvalue weighted by Crippen LogP contribution is -2.38. The number of fused-ring (bicyclic) bond motifs is 1. The van der Waals surface area contributed by atoms with Crippen LogP contribution in [0.15, 0.2) is 24.0 Å². The van der Waals surface area contributed by atoms with Crippen LogP contribution in [0.2, 0.25) is 0 Å². The smallest absolute Gasteiger partial charge is 0.0948 e. The van der Waals surface area contributed by atoms with Crippen molar-refractivity contribution in [2.75, 3.05) is 13.1 Å². The van der Waals surface area contributed by atoms with Gasteiger partial charge < -0.3 is 10.3 Å². The molecule has 0 spiro atoms. The highest BCUT2D eigenvalue weighted by Crippen LogP contribution is 2.29. The van der Waals surface area contributed by atoms with E-state index >= 15 is 0 Å². The van der Waals surface area contributed by atoms with E-state index < -0.39 is 0 Å². The molecule has 2 aromatic rings. The van der Waals surface area contributed by atoms with Crippen molar-refractivity contribution >= 4 is 11.3 Å². The molecule has 4 nitrogen and oxygen atoms in total. The molecule has 0 radical (unpaired) electrons. The average molecular weight is 276 g/mol. The van der Waals surface area contributed by atoms with Gasteiger partial charge in [0.1, 0.15) is 0 Å². The number of hydrogen-bond donors (Lipinski definition) is 1. The third-order valence-electron chi connectivity index (χ3n) is 3.93. The molecule has 102 valence electrons. The molecule has 5 heteroatoms. The minimum absolute atomic E-state index is 0.274. The molecule has 0 aliphatic carbocycles. The van der Waals surface area contributed by atoms with Gasteiger partial charge in [0.05, 0.1) is 18.1 Å². The van der Waals surface area contributed by atoms with Crippen molar-refractivity contribution in [3.63, 3.8) is 0 Å². The van der Waals surface area contributed by atoms with Crippen molar-refractivity contribution in [2.24, 2.45) is 5.73 Å². The molecule has 3 rings (SSSR count). The van der Waals surface area contributed by atoms with E-state index in [2.05, 4.69) is 32.8 Å². The van der Waals surface area contributed by atoms with Crippen LogP contribution >= 0.6 is 11.3 Å². The second-order valence-electron chi connectivity index (χ2n) is 4.95. The molecule has 0 saturated carbocycles. The van der Waals surface area contributed by atoms with Crippen molar-refractivity contribution < 1.29 is 0 Å². The topological polar surface area (TPSA) is 47.1 Å². The van der Waals surface area contributed by atoms with Gasteiger partial charge in [0.15, 0.2) is 0 Å². The lowest BCUT2D eigenvalue weighted by molar-refractivity contribution is 0.178. The molecule has 1 aliphatic heterocycles. The summed E-state index contributed by atoms with van der Waals surface area (Å²) in [6.45, 7) is 5.83. The van der Waals surface area contributed by atoms with Gasteiger partial charge in [0, 0.05) is 37.3 Å². The summed E-state index contributed by atoms with van der Waals surface area (Å²) in [7, 11) is 0. The van der Waals surface area contributed by atoms with Crippen LogP contribution in [0.25, 0.3) is 0 Å². The van der Waals surface area contributed by atoms with Gasteiger partial charge in [-0.3, -0.25) is 4.90 Å². The van der Waals surface area contributed by atoms with E-state index in [0.717, 1.165) is 26.1 Å². The van der Waals surface area contributed by atoms with Gasteiger partial charge in [-0.25, -0.2) is 4.98 Å². The molecular formula is C14H20N4S. The van der Waals surface area contributed by atoms with Crippen LogP contribution < -0.4 is 5.73 Å². The van der Waals surface area contributed by atoms with Gasteiger partial charge in [0.2, 0.25) is 0 Å². The molecule has 1 atom stereocenters. The van der Waals surface area contributed by atoms with Crippen LogP contribution in [-0.2, 0) is 19.5 Å². The summed E-state index contributed by atoms with van der Waals surface area (Å²) >= 11 is 1.88. The van der Waals surface area contributed by atoms with Crippen molar-refractivity contribution in [1.29, 1.82) is 0 Å². The van der Waals surface area contributed by atoms with Gasteiger partial charge in [-0.2, -0.15) is 0 Å². The Bertz CT molecular complexity index is 545. The zero-order valence-electron chi connectivity index (χ0n) is 11.2. The highest BCUT2D eigenvalue weighted by Gasteiger charge is 2.26. The van der Waals surface area contributed by atoms with Gasteiger partial charge in [-0.15, -0.1) is 11.3 Å². The largest absolute Gasteiger partial charge is 0.333 e. The first kappa shape index (κ1) is 12.8. The number of aryl methyl sites for hydroxylation is 1. The predicted molar refractivity (Wildman–Crippen MR) is 78.1 cm³/mol. The maximum atomic E-state index is 6.03. The average Bonchev–Trinajstić information content (AvgIpc) is 3.07. The van der Waals surface area contributed by atoms with Crippen LogP contribution in [0.4, 0.5) is 0 Å². The molecular weight excluding hydrogens is 256 g/mol. The number of nitrogens with two attached hydrogens (primary N) is 1. The number of nitrogens with zero attached hydrogens (tertiary/aromatic N) is 3. The second-order valence-corrected chi connectivity index (χ2v) is 5.95. The van der Waals surface area contributed by atoms with E-state index in [-0.39, 0.29) is 6.04 Å². The summed E-state index contributed by atoms with van der Waals surface area (Å²) in [5.41, 5.74) is 8.74. The second kappa shape index (κ2) is 5.45. The first-order chi connectivity index (χ1) is 9.33. The van der Waals surface area contributed by atoms with E-state index in [1.54, 1.807) is 0 Å². The molecule has 2 aromatic heterocycles. The van der Waals surface area contributed by atoms with Gasteiger partial charge in [-0.1, -0.05) is 0 Å². The van der Waals surface area contributed by atoms with Crippen molar-refractivity contribution in [3.8, 4) is 0 Å². The molecule has 19 heavy (non-hydrogen) atoms. The summed E-state index contributed by atoms with van der Waals surface area (Å²) in [4.78, 5) is 8.30. The van der Waals surface area contributed by atoms with E-state index in [1.165, 1.54) is 16.1 Å². The molecule has 2 N–H and O–H groups in total. The Morgan fingerprint density at radius 2 is 2.42 bits per heavy atom. The summed E-state index contributed by atoms with van der Waals surface area (Å²) < 4.78 is 2.20. The molecule has 0 aromatic carbocycles. The van der Waals surface area contributed by atoms with E-state index in [1.807, 2.05) is 23.9 Å². The molecule has 1 aliphatic rings. The Labute approximate surface area is 117 Å². The Hall–Kier alpha value is -1.17. The number of rotatable bonds is 4. The highest BCUT2D eigenvalue weighted by molar-refractivity contribution is 7.10. The lowest BCUT2D eigenvalue weighted by atomic mass is 10.1. The van der Waals surface area contributed by atoms with E-state index in [4.69, 9.17) is 5.73 Å². The van der Waals surface area contributed by atoms with Gasteiger partial charge >= 0.3 is 0 Å². The minimum Gasteiger partial charge on any atom is -0.333 e. The number of imidazole rings is 1. The maximum Gasteiger partial charge on any atom is 0.0948 e. The summed E-state index contributed by atoms with van der Waals surface area (Å²) in [5, 5.41) is 2.20. The van der Waals surface area contributed by atoms with Gasteiger partial charge in [-0.05, 0) is 30.4 Å². The summed E-state index contributed by atoms with van der Waals surface area (Å²) in [5.74, 6) is 0. The van der Waals surface area contributed by atoms with Crippen LogP contribution in [-0.4, -0.2) is 27.5 Å². The standard InChI is InChI=1S/C14H20N4S/c1-2-17-10-16-8-13(17)12(7-15)18-5-3-14-11(9-18)4-6-19-14/h4,6,8,10,12H,2-3,5,7,9,15H2,1H3. The number of aromatic nitrogens is 2. The molecule has 3 heterocycles. The van der Waals surface area contributed by atoms with Gasteiger partial charge in [0.25, 0.3) is 0 Å². The highest BCUT2D eigenvalue weighted by atomic mass is 32.1. The first-order valence-electron chi connectivity index (χ1n) is 6.82. The Morgan fingerprint density at radius 3 is 3.21 bits per heavy atom. The van der Waals surface area contributed by atoms with Crippen LogP contribution in [0.5, 0.6) is 0 Å². The SMILES string of the molecule is CCn1cncc1C(CN)N1CCc2sccc2C1. The lowest BCUT2D eigenvalue weighted by Gasteiger charge is -2.34. The Balaban J connectivity index is 1.84. The molecule has 1 unspecified atom stereocenters. The quantitative estimate of drug-likeness (QED) is 0.929.